The van der Waals surface area contributed by atoms with E-state index in [1.807, 2.05) is 0 Å². The second-order valence-corrected chi connectivity index (χ2v) is 5.40. The van der Waals surface area contributed by atoms with Crippen LogP contribution in [-0.4, -0.2) is 44.5 Å². The third kappa shape index (κ3) is 3.22. The minimum atomic E-state index is -0.838. The molecule has 1 saturated heterocycles. The minimum absolute atomic E-state index is 0.0944. The highest BCUT2D eigenvalue weighted by Gasteiger charge is 2.43. The Bertz CT molecular complexity index is 291. The fraction of sp³-hybridized carbons (Fsp3) is 0.923. The molecule has 18 heavy (non-hydrogen) atoms. The van der Waals surface area contributed by atoms with Gasteiger partial charge in [0.15, 0.2) is 0 Å². The van der Waals surface area contributed by atoms with E-state index in [-0.39, 0.29) is 12.1 Å². The van der Waals surface area contributed by atoms with Crippen LogP contribution in [0.5, 0.6) is 0 Å². The molecular formula is C13H23NO4. The van der Waals surface area contributed by atoms with Crippen LogP contribution in [-0.2, 0) is 19.0 Å². The minimum Gasteiger partial charge on any atom is -0.468 e. The van der Waals surface area contributed by atoms with Crippen LogP contribution in [0.3, 0.4) is 0 Å². The Labute approximate surface area is 108 Å². The molecule has 0 radical (unpaired) electrons. The molecule has 1 saturated carbocycles. The summed E-state index contributed by atoms with van der Waals surface area (Å²) in [4.78, 5) is 11.6. The molecular weight excluding hydrogens is 234 g/mol. The fourth-order valence-electron chi connectivity index (χ4n) is 2.75. The summed E-state index contributed by atoms with van der Waals surface area (Å²) in [5.74, 6) is 0.268. The number of carbonyl (C=O) groups is 1. The van der Waals surface area contributed by atoms with Crippen molar-refractivity contribution in [1.29, 1.82) is 0 Å². The van der Waals surface area contributed by atoms with Gasteiger partial charge in [0.2, 0.25) is 0 Å². The Kier molecular flexibility index (Phi) is 4.59. The summed E-state index contributed by atoms with van der Waals surface area (Å²) in [6.07, 6.45) is 4.29. The quantitative estimate of drug-likeness (QED) is 0.756. The first-order chi connectivity index (χ1) is 8.64. The first-order valence-electron chi connectivity index (χ1n) is 6.71. The van der Waals surface area contributed by atoms with Crippen LogP contribution in [0.1, 0.15) is 32.1 Å². The molecule has 2 aliphatic rings. The predicted octanol–water partition coefficient (Wildman–Crippen LogP) is 0.853. The van der Waals surface area contributed by atoms with Crippen LogP contribution < -0.4 is 5.73 Å². The zero-order chi connectivity index (χ0) is 13.0. The lowest BCUT2D eigenvalue weighted by Crippen LogP contribution is -2.46. The molecule has 0 spiro atoms. The first-order valence-corrected chi connectivity index (χ1v) is 6.71. The SMILES string of the molecule is COC(=O)C1(N)CCC(OCC2CCOCC2)C1. The lowest BCUT2D eigenvalue weighted by molar-refractivity contribution is -0.147. The van der Waals surface area contributed by atoms with Gasteiger partial charge in [-0.05, 0) is 31.6 Å². The maximum absolute atomic E-state index is 11.6. The van der Waals surface area contributed by atoms with Gasteiger partial charge in [-0.15, -0.1) is 0 Å². The number of ether oxygens (including phenoxy) is 3. The molecule has 2 N–H and O–H groups in total. The van der Waals surface area contributed by atoms with Crippen LogP contribution in [0, 0.1) is 5.92 Å². The zero-order valence-corrected chi connectivity index (χ0v) is 11.0. The van der Waals surface area contributed by atoms with Gasteiger partial charge < -0.3 is 19.9 Å². The molecule has 2 fully saturated rings. The summed E-state index contributed by atoms with van der Waals surface area (Å²) in [7, 11) is 1.38. The topological polar surface area (TPSA) is 70.8 Å². The standard InChI is InChI=1S/C13H23NO4/c1-16-12(15)13(14)5-2-11(8-13)18-9-10-3-6-17-7-4-10/h10-11H,2-9,14H2,1H3. The average molecular weight is 257 g/mol. The van der Waals surface area contributed by atoms with Crippen molar-refractivity contribution < 1.29 is 19.0 Å². The molecule has 0 aromatic carbocycles. The second kappa shape index (κ2) is 5.99. The van der Waals surface area contributed by atoms with Crippen LogP contribution in [0.2, 0.25) is 0 Å². The highest BCUT2D eigenvalue weighted by Crippen LogP contribution is 2.31. The van der Waals surface area contributed by atoms with E-state index in [2.05, 4.69) is 0 Å². The van der Waals surface area contributed by atoms with E-state index in [0.717, 1.165) is 39.1 Å². The van der Waals surface area contributed by atoms with Crippen molar-refractivity contribution in [2.75, 3.05) is 26.9 Å². The fourth-order valence-corrected chi connectivity index (χ4v) is 2.75. The van der Waals surface area contributed by atoms with Gasteiger partial charge in [0.05, 0.1) is 13.2 Å². The average Bonchev–Trinajstić information content (AvgIpc) is 2.80. The van der Waals surface area contributed by atoms with Crippen LogP contribution in [0.25, 0.3) is 0 Å². The van der Waals surface area contributed by atoms with Gasteiger partial charge in [-0.25, -0.2) is 0 Å². The number of esters is 1. The van der Waals surface area contributed by atoms with Gasteiger partial charge in [0, 0.05) is 26.2 Å². The van der Waals surface area contributed by atoms with Gasteiger partial charge >= 0.3 is 5.97 Å². The smallest absolute Gasteiger partial charge is 0.325 e. The Morgan fingerprint density at radius 1 is 1.39 bits per heavy atom. The molecule has 5 nitrogen and oxygen atoms in total. The van der Waals surface area contributed by atoms with Crippen LogP contribution in [0.15, 0.2) is 0 Å². The first kappa shape index (κ1) is 13.8. The van der Waals surface area contributed by atoms with Gasteiger partial charge in [-0.3, -0.25) is 4.79 Å². The number of methoxy groups -OCH3 is 1. The second-order valence-electron chi connectivity index (χ2n) is 5.40. The van der Waals surface area contributed by atoms with Gasteiger partial charge in [-0.1, -0.05) is 0 Å². The van der Waals surface area contributed by atoms with Crippen molar-refractivity contribution in [2.24, 2.45) is 11.7 Å². The van der Waals surface area contributed by atoms with E-state index >= 15 is 0 Å². The van der Waals surface area contributed by atoms with Crippen molar-refractivity contribution in [3.05, 3.63) is 0 Å². The summed E-state index contributed by atoms with van der Waals surface area (Å²) in [6, 6.07) is 0. The molecule has 2 unspecified atom stereocenters. The van der Waals surface area contributed by atoms with E-state index in [4.69, 9.17) is 19.9 Å². The van der Waals surface area contributed by atoms with Crippen LogP contribution >= 0.6 is 0 Å². The lowest BCUT2D eigenvalue weighted by atomic mass is 9.99. The molecule has 2 atom stereocenters. The lowest BCUT2D eigenvalue weighted by Gasteiger charge is -2.24. The molecule has 0 aromatic rings. The van der Waals surface area contributed by atoms with E-state index in [9.17, 15) is 4.79 Å². The molecule has 1 aliphatic carbocycles. The van der Waals surface area contributed by atoms with Crippen molar-refractivity contribution >= 4 is 5.97 Å². The number of hydrogen-bond acceptors (Lipinski definition) is 5. The Balaban J connectivity index is 1.73. The van der Waals surface area contributed by atoms with Crippen molar-refractivity contribution in [2.45, 2.75) is 43.7 Å². The number of rotatable bonds is 4. The molecule has 0 aromatic heterocycles. The van der Waals surface area contributed by atoms with Gasteiger partial charge in [0.1, 0.15) is 5.54 Å². The maximum Gasteiger partial charge on any atom is 0.325 e. The zero-order valence-electron chi connectivity index (χ0n) is 11.0. The molecule has 2 rings (SSSR count). The number of nitrogens with two attached hydrogens (primary N) is 1. The van der Waals surface area contributed by atoms with E-state index in [0.29, 0.717) is 18.8 Å². The molecule has 5 heteroatoms. The molecule has 0 amide bonds. The monoisotopic (exact) mass is 257 g/mol. The van der Waals surface area contributed by atoms with Gasteiger partial charge in [-0.2, -0.15) is 0 Å². The van der Waals surface area contributed by atoms with Crippen molar-refractivity contribution in [3.8, 4) is 0 Å². The summed E-state index contributed by atoms with van der Waals surface area (Å²) < 4.78 is 15.9. The Hall–Kier alpha value is -0.650. The third-order valence-corrected chi connectivity index (χ3v) is 4.00. The molecule has 104 valence electrons. The number of carbonyl (C=O) groups excluding carboxylic acids is 1. The van der Waals surface area contributed by atoms with E-state index < -0.39 is 5.54 Å². The number of hydrogen-bond donors (Lipinski definition) is 1. The Morgan fingerprint density at radius 3 is 2.78 bits per heavy atom. The summed E-state index contributed by atoms with van der Waals surface area (Å²) in [5, 5.41) is 0. The largest absolute Gasteiger partial charge is 0.468 e. The molecule has 1 heterocycles. The molecule has 1 aliphatic heterocycles. The highest BCUT2D eigenvalue weighted by atomic mass is 16.5. The molecule has 0 bridgehead atoms. The van der Waals surface area contributed by atoms with Crippen molar-refractivity contribution in [3.63, 3.8) is 0 Å². The van der Waals surface area contributed by atoms with Gasteiger partial charge in [0.25, 0.3) is 0 Å². The Morgan fingerprint density at radius 2 is 2.11 bits per heavy atom. The normalized spacial score (nSPS) is 33.6. The maximum atomic E-state index is 11.6. The third-order valence-electron chi connectivity index (χ3n) is 4.00. The van der Waals surface area contributed by atoms with E-state index in [1.54, 1.807) is 0 Å². The highest BCUT2D eigenvalue weighted by molar-refractivity contribution is 5.80. The summed E-state index contributed by atoms with van der Waals surface area (Å²) in [6.45, 7) is 2.43. The summed E-state index contributed by atoms with van der Waals surface area (Å²) >= 11 is 0. The van der Waals surface area contributed by atoms with Crippen molar-refractivity contribution in [1.82, 2.24) is 0 Å². The summed E-state index contributed by atoms with van der Waals surface area (Å²) in [5.41, 5.74) is 5.20. The predicted molar refractivity (Wildman–Crippen MR) is 66.1 cm³/mol. The van der Waals surface area contributed by atoms with Crippen LogP contribution in [0.4, 0.5) is 0 Å². The van der Waals surface area contributed by atoms with E-state index in [1.165, 1.54) is 7.11 Å².